The summed E-state index contributed by atoms with van der Waals surface area (Å²) < 4.78 is 39.0. The predicted octanol–water partition coefficient (Wildman–Crippen LogP) is 3.52. The minimum absolute atomic E-state index is 0.128. The third-order valence-electron chi connectivity index (χ3n) is 5.89. The summed E-state index contributed by atoms with van der Waals surface area (Å²) in [7, 11) is -0.313. The number of sulfonamides is 1. The van der Waals surface area contributed by atoms with Crippen LogP contribution in [0, 0.1) is 6.92 Å². The van der Waals surface area contributed by atoms with Crippen LogP contribution in [0.4, 0.5) is 5.69 Å². The molecule has 1 fully saturated rings. The molecular weight excluding hydrogens is 454 g/mol. The van der Waals surface area contributed by atoms with Gasteiger partial charge in [0.1, 0.15) is 18.1 Å². The van der Waals surface area contributed by atoms with Crippen molar-refractivity contribution in [3.8, 4) is 11.5 Å². The van der Waals surface area contributed by atoms with E-state index in [0.29, 0.717) is 37.7 Å². The average Bonchev–Trinajstić information content (AvgIpc) is 3.10. The normalized spacial score (nSPS) is 15.1. The maximum Gasteiger partial charge on any atom is 0.243 e. The van der Waals surface area contributed by atoms with Crippen molar-refractivity contribution in [2.75, 3.05) is 52.3 Å². The lowest BCUT2D eigenvalue weighted by molar-refractivity contribution is -0.117. The van der Waals surface area contributed by atoms with Crippen LogP contribution in [0.2, 0.25) is 0 Å². The van der Waals surface area contributed by atoms with Gasteiger partial charge in [-0.2, -0.15) is 4.31 Å². The summed E-state index contributed by atoms with van der Waals surface area (Å²) in [4.78, 5) is 14.7. The molecule has 34 heavy (non-hydrogen) atoms. The number of ether oxygens (including phenoxy) is 2. The van der Waals surface area contributed by atoms with E-state index in [9.17, 15) is 13.2 Å². The Balaban J connectivity index is 1.61. The number of benzene rings is 2. The van der Waals surface area contributed by atoms with E-state index in [-0.39, 0.29) is 17.3 Å². The first kappa shape index (κ1) is 26.0. The minimum Gasteiger partial charge on any atom is -0.495 e. The Kier molecular flexibility index (Phi) is 9.32. The van der Waals surface area contributed by atoms with Gasteiger partial charge >= 0.3 is 0 Å². The van der Waals surface area contributed by atoms with Crippen LogP contribution in [0.3, 0.4) is 0 Å². The highest BCUT2D eigenvalue weighted by Gasteiger charge is 2.26. The molecule has 1 aliphatic rings. The fraction of sp³-hybridized carbons (Fsp3) is 0.480. The first-order valence-corrected chi connectivity index (χ1v) is 13.1. The standard InChI is InChI=1S/C25H35N3O5S/c1-20-10-6-7-11-23(20)33-17-16-27(2)19-25(29)26-22-18-21(12-13-24(22)32-3)34(30,31)28-14-8-4-5-9-15-28/h6-7,10-13,18H,4-5,8-9,14-17,19H2,1-3H3,(H,26,29). The number of methoxy groups -OCH3 is 1. The van der Waals surface area contributed by atoms with E-state index in [0.717, 1.165) is 37.0 Å². The molecule has 8 nitrogen and oxygen atoms in total. The van der Waals surface area contributed by atoms with Crippen molar-refractivity contribution in [2.45, 2.75) is 37.5 Å². The molecule has 1 amide bonds. The molecule has 186 valence electrons. The van der Waals surface area contributed by atoms with Crippen LogP contribution in [-0.4, -0.2) is 70.5 Å². The molecule has 3 rings (SSSR count). The van der Waals surface area contributed by atoms with Gasteiger partial charge in [0, 0.05) is 19.6 Å². The van der Waals surface area contributed by atoms with Gasteiger partial charge in [-0.25, -0.2) is 8.42 Å². The molecule has 1 heterocycles. The Hall–Kier alpha value is -2.62. The first-order valence-electron chi connectivity index (χ1n) is 11.7. The van der Waals surface area contributed by atoms with E-state index >= 15 is 0 Å². The number of nitrogens with zero attached hydrogens (tertiary/aromatic N) is 2. The van der Waals surface area contributed by atoms with Crippen molar-refractivity contribution in [2.24, 2.45) is 0 Å². The Bertz CT molecular complexity index is 1070. The van der Waals surface area contributed by atoms with Gasteiger partial charge < -0.3 is 14.8 Å². The quantitative estimate of drug-likeness (QED) is 0.549. The second kappa shape index (κ2) is 12.2. The van der Waals surface area contributed by atoms with Crippen molar-refractivity contribution < 1.29 is 22.7 Å². The van der Waals surface area contributed by atoms with E-state index in [1.54, 1.807) is 6.07 Å². The number of anilines is 1. The minimum atomic E-state index is -3.63. The van der Waals surface area contributed by atoms with E-state index in [2.05, 4.69) is 5.32 Å². The molecule has 1 N–H and O–H groups in total. The van der Waals surface area contributed by atoms with E-state index in [4.69, 9.17) is 9.47 Å². The summed E-state index contributed by atoms with van der Waals surface area (Å²) in [6, 6.07) is 12.4. The van der Waals surface area contributed by atoms with Gasteiger partial charge in [0.15, 0.2) is 0 Å². The zero-order chi connectivity index (χ0) is 24.6. The molecule has 0 atom stereocenters. The zero-order valence-electron chi connectivity index (χ0n) is 20.2. The summed E-state index contributed by atoms with van der Waals surface area (Å²) in [6.07, 6.45) is 3.80. The molecule has 0 unspecified atom stereocenters. The van der Waals surface area contributed by atoms with Crippen LogP contribution < -0.4 is 14.8 Å². The highest BCUT2D eigenvalue weighted by molar-refractivity contribution is 7.89. The fourth-order valence-corrected chi connectivity index (χ4v) is 5.46. The second-order valence-corrected chi connectivity index (χ2v) is 10.5. The van der Waals surface area contributed by atoms with Gasteiger partial charge in [-0.15, -0.1) is 0 Å². The largest absolute Gasteiger partial charge is 0.495 e. The number of aryl methyl sites for hydroxylation is 1. The van der Waals surface area contributed by atoms with E-state index in [1.807, 2.05) is 43.1 Å². The first-order chi connectivity index (χ1) is 16.3. The Morgan fingerprint density at radius 3 is 2.44 bits per heavy atom. The molecule has 0 aliphatic carbocycles. The smallest absolute Gasteiger partial charge is 0.243 e. The summed E-state index contributed by atoms with van der Waals surface area (Å²) in [5, 5.41) is 2.81. The molecular formula is C25H35N3O5S. The van der Waals surface area contributed by atoms with Crippen molar-refractivity contribution >= 4 is 21.6 Å². The molecule has 2 aromatic carbocycles. The predicted molar refractivity (Wildman–Crippen MR) is 133 cm³/mol. The van der Waals surface area contributed by atoms with Crippen molar-refractivity contribution in [3.05, 3.63) is 48.0 Å². The SMILES string of the molecule is COc1ccc(S(=O)(=O)N2CCCCCC2)cc1NC(=O)CN(C)CCOc1ccccc1C. The maximum absolute atomic E-state index is 13.2. The van der Waals surface area contributed by atoms with Crippen molar-refractivity contribution in [3.63, 3.8) is 0 Å². The molecule has 0 aromatic heterocycles. The highest BCUT2D eigenvalue weighted by Crippen LogP contribution is 2.30. The number of carbonyl (C=O) groups is 1. The van der Waals surface area contributed by atoms with Gasteiger partial charge in [0.05, 0.1) is 24.2 Å². The summed E-state index contributed by atoms with van der Waals surface area (Å²) in [5.74, 6) is 0.974. The highest BCUT2D eigenvalue weighted by atomic mass is 32.2. The van der Waals surface area contributed by atoms with Gasteiger partial charge in [-0.1, -0.05) is 31.0 Å². The average molecular weight is 490 g/mol. The van der Waals surface area contributed by atoms with Crippen LogP contribution in [-0.2, 0) is 14.8 Å². The molecule has 1 saturated heterocycles. The van der Waals surface area contributed by atoms with Gasteiger partial charge in [-0.05, 0) is 56.6 Å². The number of carbonyl (C=O) groups excluding carboxylic acids is 1. The lowest BCUT2D eigenvalue weighted by Crippen LogP contribution is -2.33. The third kappa shape index (κ3) is 6.94. The van der Waals surface area contributed by atoms with Crippen LogP contribution in [0.1, 0.15) is 31.2 Å². The number of hydrogen-bond donors (Lipinski definition) is 1. The van der Waals surface area contributed by atoms with Crippen molar-refractivity contribution in [1.29, 1.82) is 0 Å². The molecule has 2 aromatic rings. The number of rotatable bonds is 10. The van der Waals surface area contributed by atoms with Gasteiger partial charge in [0.25, 0.3) is 0 Å². The Morgan fingerprint density at radius 2 is 1.76 bits per heavy atom. The number of nitrogens with one attached hydrogen (secondary N) is 1. The summed E-state index contributed by atoms with van der Waals surface area (Å²) in [5.41, 5.74) is 1.40. The summed E-state index contributed by atoms with van der Waals surface area (Å²) >= 11 is 0. The zero-order valence-corrected chi connectivity index (χ0v) is 21.1. The number of amides is 1. The fourth-order valence-electron chi connectivity index (χ4n) is 3.92. The number of likely N-dealkylation sites (N-methyl/N-ethyl adjacent to an activating group) is 1. The lowest BCUT2D eigenvalue weighted by atomic mass is 10.2. The molecule has 0 radical (unpaired) electrons. The monoisotopic (exact) mass is 489 g/mol. The maximum atomic E-state index is 13.2. The lowest BCUT2D eigenvalue weighted by Gasteiger charge is -2.21. The topological polar surface area (TPSA) is 88.2 Å². The molecule has 0 bridgehead atoms. The van der Waals surface area contributed by atoms with Crippen LogP contribution in [0.15, 0.2) is 47.4 Å². The Morgan fingerprint density at radius 1 is 1.06 bits per heavy atom. The van der Waals surface area contributed by atoms with Gasteiger partial charge in [0.2, 0.25) is 15.9 Å². The number of para-hydroxylation sites is 1. The summed E-state index contributed by atoms with van der Waals surface area (Å²) in [6.45, 7) is 4.16. The van der Waals surface area contributed by atoms with Crippen LogP contribution in [0.5, 0.6) is 11.5 Å². The van der Waals surface area contributed by atoms with E-state index < -0.39 is 10.0 Å². The van der Waals surface area contributed by atoms with Crippen LogP contribution in [0.25, 0.3) is 0 Å². The van der Waals surface area contributed by atoms with E-state index in [1.165, 1.54) is 23.5 Å². The third-order valence-corrected chi connectivity index (χ3v) is 7.78. The van der Waals surface area contributed by atoms with Crippen LogP contribution >= 0.6 is 0 Å². The Labute approximate surface area is 202 Å². The van der Waals surface area contributed by atoms with Gasteiger partial charge in [-0.3, -0.25) is 9.69 Å². The second-order valence-electron chi connectivity index (χ2n) is 8.58. The number of hydrogen-bond acceptors (Lipinski definition) is 6. The molecule has 0 spiro atoms. The molecule has 9 heteroatoms. The molecule has 0 saturated carbocycles. The molecule has 1 aliphatic heterocycles. The van der Waals surface area contributed by atoms with Crippen molar-refractivity contribution in [1.82, 2.24) is 9.21 Å².